The van der Waals surface area contributed by atoms with Crippen molar-refractivity contribution in [1.82, 2.24) is 10.7 Å². The summed E-state index contributed by atoms with van der Waals surface area (Å²) >= 11 is 0. The van der Waals surface area contributed by atoms with E-state index >= 15 is 0 Å². The Kier molecular flexibility index (Phi) is 11.9. The molecule has 1 aromatic heterocycles. The van der Waals surface area contributed by atoms with Crippen LogP contribution < -0.4 is 10.7 Å². The summed E-state index contributed by atoms with van der Waals surface area (Å²) in [6, 6.07) is 3.46. The topological polar surface area (TPSA) is 83.7 Å². The van der Waals surface area contributed by atoms with Gasteiger partial charge in [-0.1, -0.05) is 58.3 Å². The summed E-state index contributed by atoms with van der Waals surface area (Å²) in [7, 11) is 0. The second kappa shape index (κ2) is 14.3. The monoisotopic (exact) mass is 349 g/mol. The van der Waals surface area contributed by atoms with Crippen LogP contribution in [0.15, 0.2) is 27.9 Å². The predicted octanol–water partition coefficient (Wildman–Crippen LogP) is 3.77. The first kappa shape index (κ1) is 20.9. The third kappa shape index (κ3) is 12.0. The van der Waals surface area contributed by atoms with Gasteiger partial charge in [0.25, 0.3) is 5.91 Å². The highest BCUT2D eigenvalue weighted by Crippen LogP contribution is 2.10. The van der Waals surface area contributed by atoms with E-state index in [0.29, 0.717) is 12.2 Å². The van der Waals surface area contributed by atoms with Crippen LogP contribution in [0.25, 0.3) is 0 Å². The summed E-state index contributed by atoms with van der Waals surface area (Å²) in [5, 5.41) is 6.35. The van der Waals surface area contributed by atoms with Crippen molar-refractivity contribution >= 4 is 18.0 Å². The molecule has 1 heterocycles. The minimum Gasteiger partial charge on any atom is -0.463 e. The number of furan rings is 1. The molecule has 140 valence electrons. The van der Waals surface area contributed by atoms with Crippen molar-refractivity contribution in [3.63, 3.8) is 0 Å². The molecular weight excluding hydrogens is 318 g/mol. The quantitative estimate of drug-likeness (QED) is 0.305. The van der Waals surface area contributed by atoms with E-state index in [0.717, 1.165) is 12.8 Å². The van der Waals surface area contributed by atoms with Gasteiger partial charge in [-0.25, -0.2) is 5.43 Å². The first-order valence-corrected chi connectivity index (χ1v) is 9.34. The molecule has 0 aliphatic heterocycles. The third-order valence-corrected chi connectivity index (χ3v) is 3.88. The minimum absolute atomic E-state index is 0.0637. The molecule has 1 aromatic rings. The second-order valence-electron chi connectivity index (χ2n) is 6.16. The lowest BCUT2D eigenvalue weighted by atomic mass is 10.1. The third-order valence-electron chi connectivity index (χ3n) is 3.88. The molecule has 2 amide bonds. The molecule has 6 heteroatoms. The number of unbranched alkanes of at least 4 members (excludes halogenated alkanes) is 8. The Balaban J connectivity index is 1.93. The van der Waals surface area contributed by atoms with Gasteiger partial charge in [0.05, 0.1) is 19.0 Å². The number of hydrogen-bond acceptors (Lipinski definition) is 4. The summed E-state index contributed by atoms with van der Waals surface area (Å²) in [6.45, 7) is 2.16. The molecule has 0 aliphatic carbocycles. The van der Waals surface area contributed by atoms with Gasteiger partial charge in [-0.15, -0.1) is 0 Å². The molecule has 0 saturated carbocycles. The van der Waals surface area contributed by atoms with Gasteiger partial charge in [-0.2, -0.15) is 5.10 Å². The zero-order valence-corrected chi connectivity index (χ0v) is 15.3. The van der Waals surface area contributed by atoms with Gasteiger partial charge in [0.1, 0.15) is 5.76 Å². The number of amides is 2. The number of carbonyl (C=O) groups excluding carboxylic acids is 2. The van der Waals surface area contributed by atoms with Crippen LogP contribution >= 0.6 is 0 Å². The molecule has 0 unspecified atom stereocenters. The van der Waals surface area contributed by atoms with Gasteiger partial charge in [-0.3, -0.25) is 9.59 Å². The number of nitrogens with one attached hydrogen (secondary N) is 2. The molecule has 0 atom stereocenters. The van der Waals surface area contributed by atoms with Gasteiger partial charge in [0, 0.05) is 6.42 Å². The van der Waals surface area contributed by atoms with E-state index in [1.54, 1.807) is 12.1 Å². The van der Waals surface area contributed by atoms with E-state index in [1.165, 1.54) is 57.4 Å². The zero-order valence-electron chi connectivity index (χ0n) is 15.3. The minimum atomic E-state index is -0.358. The number of rotatable bonds is 14. The Morgan fingerprint density at radius 1 is 1.04 bits per heavy atom. The second-order valence-corrected chi connectivity index (χ2v) is 6.16. The van der Waals surface area contributed by atoms with Crippen LogP contribution in [-0.4, -0.2) is 24.6 Å². The maximum absolute atomic E-state index is 11.7. The fourth-order valence-electron chi connectivity index (χ4n) is 2.44. The summed E-state index contributed by atoms with van der Waals surface area (Å²) in [4.78, 5) is 23.2. The van der Waals surface area contributed by atoms with Crippen molar-refractivity contribution in [3.05, 3.63) is 24.2 Å². The van der Waals surface area contributed by atoms with E-state index in [4.69, 9.17) is 4.42 Å². The van der Waals surface area contributed by atoms with Crippen molar-refractivity contribution in [3.8, 4) is 0 Å². The average molecular weight is 349 g/mol. The van der Waals surface area contributed by atoms with Gasteiger partial charge < -0.3 is 9.73 Å². The van der Waals surface area contributed by atoms with E-state index < -0.39 is 0 Å². The van der Waals surface area contributed by atoms with Crippen LogP contribution in [0, 0.1) is 0 Å². The largest absolute Gasteiger partial charge is 0.463 e. The van der Waals surface area contributed by atoms with Crippen molar-refractivity contribution in [1.29, 1.82) is 0 Å². The Hall–Kier alpha value is -2.11. The van der Waals surface area contributed by atoms with E-state index in [2.05, 4.69) is 22.8 Å². The highest BCUT2D eigenvalue weighted by atomic mass is 16.3. The van der Waals surface area contributed by atoms with Crippen LogP contribution in [-0.2, 0) is 9.59 Å². The van der Waals surface area contributed by atoms with E-state index in [-0.39, 0.29) is 18.4 Å². The van der Waals surface area contributed by atoms with Crippen molar-refractivity contribution < 1.29 is 14.0 Å². The Labute approximate surface area is 150 Å². The highest BCUT2D eigenvalue weighted by molar-refractivity contribution is 5.85. The summed E-state index contributed by atoms with van der Waals surface area (Å²) in [5.74, 6) is 0.103. The summed E-state index contributed by atoms with van der Waals surface area (Å²) in [5.41, 5.74) is 2.34. The van der Waals surface area contributed by atoms with Crippen molar-refractivity contribution in [2.45, 2.75) is 71.1 Å². The molecule has 1 rings (SSSR count). The molecule has 25 heavy (non-hydrogen) atoms. The van der Waals surface area contributed by atoms with Gasteiger partial charge >= 0.3 is 0 Å². The predicted molar refractivity (Wildman–Crippen MR) is 99.3 cm³/mol. The SMILES string of the molecule is CCCCCCCCCCCC(=O)NCC(=O)N/N=C\c1ccco1. The van der Waals surface area contributed by atoms with E-state index in [1.807, 2.05) is 0 Å². The Morgan fingerprint density at radius 2 is 1.72 bits per heavy atom. The Bertz CT molecular complexity index is 498. The molecule has 0 aromatic carbocycles. The normalized spacial score (nSPS) is 10.9. The number of hydrogen-bond donors (Lipinski definition) is 2. The summed E-state index contributed by atoms with van der Waals surface area (Å²) in [6.07, 6.45) is 14.4. The maximum Gasteiger partial charge on any atom is 0.259 e. The number of hydrazone groups is 1. The average Bonchev–Trinajstić information content (AvgIpc) is 3.12. The molecule has 6 nitrogen and oxygen atoms in total. The molecular formula is C19H31N3O3. The van der Waals surface area contributed by atoms with Gasteiger partial charge in [0.15, 0.2) is 0 Å². The number of nitrogens with zero attached hydrogens (tertiary/aromatic N) is 1. The lowest BCUT2D eigenvalue weighted by molar-refractivity contribution is -0.126. The molecule has 0 bridgehead atoms. The molecule has 0 aliphatic rings. The van der Waals surface area contributed by atoms with Crippen LogP contribution in [0.4, 0.5) is 0 Å². The van der Waals surface area contributed by atoms with Crippen LogP contribution in [0.3, 0.4) is 0 Å². The fraction of sp³-hybridized carbons (Fsp3) is 0.632. The lowest BCUT2D eigenvalue weighted by Gasteiger charge is -2.04. The Morgan fingerprint density at radius 3 is 2.36 bits per heavy atom. The lowest BCUT2D eigenvalue weighted by Crippen LogP contribution is -2.34. The van der Waals surface area contributed by atoms with Crippen LogP contribution in [0.1, 0.15) is 76.9 Å². The van der Waals surface area contributed by atoms with Crippen molar-refractivity contribution in [2.75, 3.05) is 6.54 Å². The van der Waals surface area contributed by atoms with Crippen LogP contribution in [0.2, 0.25) is 0 Å². The summed E-state index contributed by atoms with van der Waals surface area (Å²) < 4.78 is 5.04. The molecule has 2 N–H and O–H groups in total. The van der Waals surface area contributed by atoms with E-state index in [9.17, 15) is 9.59 Å². The number of carbonyl (C=O) groups is 2. The fourth-order valence-corrected chi connectivity index (χ4v) is 2.44. The van der Waals surface area contributed by atoms with Crippen molar-refractivity contribution in [2.24, 2.45) is 5.10 Å². The standard InChI is InChI=1S/C19H31N3O3/c1-2-3-4-5-6-7-8-9-10-13-18(23)20-16-19(24)22-21-15-17-12-11-14-25-17/h11-12,14-15H,2-10,13,16H2,1H3,(H,20,23)(H,22,24)/b21-15-. The highest BCUT2D eigenvalue weighted by Gasteiger charge is 2.04. The molecule has 0 radical (unpaired) electrons. The van der Waals surface area contributed by atoms with Crippen LogP contribution in [0.5, 0.6) is 0 Å². The molecule has 0 spiro atoms. The first-order valence-electron chi connectivity index (χ1n) is 9.34. The first-order chi connectivity index (χ1) is 12.2. The van der Waals surface area contributed by atoms with Gasteiger partial charge in [-0.05, 0) is 18.6 Å². The van der Waals surface area contributed by atoms with Gasteiger partial charge in [0.2, 0.25) is 5.91 Å². The zero-order chi connectivity index (χ0) is 18.2. The smallest absolute Gasteiger partial charge is 0.259 e. The molecule has 0 fully saturated rings. The maximum atomic E-state index is 11.7. The molecule has 0 saturated heterocycles.